The van der Waals surface area contributed by atoms with E-state index in [1.54, 1.807) is 11.8 Å². The van der Waals surface area contributed by atoms with Gasteiger partial charge in [-0.2, -0.15) is 0 Å². The molecule has 0 aromatic carbocycles. The first-order chi connectivity index (χ1) is 4.56. The van der Waals surface area contributed by atoms with Gasteiger partial charge in [0, 0.05) is 4.75 Å². The quantitative estimate of drug-likeness (QED) is 0.584. The second-order valence-corrected chi connectivity index (χ2v) is 4.71. The summed E-state index contributed by atoms with van der Waals surface area (Å²) in [6, 6.07) is 0. The third-order valence-electron chi connectivity index (χ3n) is 0.781. The molecule has 0 aliphatic carbocycles. The summed E-state index contributed by atoms with van der Waals surface area (Å²) in [6.45, 7) is 6.43. The summed E-state index contributed by atoms with van der Waals surface area (Å²) in [4.78, 5) is 0. The van der Waals surface area contributed by atoms with Crippen LogP contribution in [0.4, 0.5) is 0 Å². The Morgan fingerprint density at radius 2 is 1.90 bits per heavy atom. The van der Waals surface area contributed by atoms with Crippen LogP contribution in [0, 0.1) is 11.8 Å². The molecule has 0 fully saturated rings. The van der Waals surface area contributed by atoms with Crippen LogP contribution in [0.3, 0.4) is 0 Å². The second-order valence-electron chi connectivity index (χ2n) is 2.91. The monoisotopic (exact) mass is 158 g/mol. The lowest BCUT2D eigenvalue weighted by Crippen LogP contribution is -2.07. The van der Waals surface area contributed by atoms with Crippen LogP contribution in [0.15, 0.2) is 0 Å². The Morgan fingerprint density at radius 1 is 1.30 bits per heavy atom. The maximum absolute atomic E-state index is 8.31. The first kappa shape index (κ1) is 9.87. The summed E-state index contributed by atoms with van der Waals surface area (Å²) in [5.74, 6) is 6.27. The van der Waals surface area contributed by atoms with Crippen molar-refractivity contribution < 1.29 is 5.11 Å². The minimum absolute atomic E-state index is 0.0231. The Morgan fingerprint density at radius 3 is 2.30 bits per heavy atom. The van der Waals surface area contributed by atoms with Gasteiger partial charge in [0.15, 0.2) is 0 Å². The zero-order valence-electron chi connectivity index (χ0n) is 6.77. The van der Waals surface area contributed by atoms with Crippen LogP contribution in [-0.2, 0) is 0 Å². The van der Waals surface area contributed by atoms with Gasteiger partial charge in [-0.05, 0) is 0 Å². The maximum atomic E-state index is 8.31. The molecule has 0 aromatic rings. The SMILES string of the molecule is CC(C)(C)SCC#CCO. The number of rotatable bonds is 1. The highest BCUT2D eigenvalue weighted by atomic mass is 32.2. The molecule has 0 saturated carbocycles. The lowest BCUT2D eigenvalue weighted by Gasteiger charge is -2.14. The van der Waals surface area contributed by atoms with Gasteiger partial charge in [-0.15, -0.1) is 11.8 Å². The Bertz CT molecular complexity index is 136. The van der Waals surface area contributed by atoms with Crippen molar-refractivity contribution in [2.45, 2.75) is 25.5 Å². The fraction of sp³-hybridized carbons (Fsp3) is 0.750. The smallest absolute Gasteiger partial charge is 0.104 e. The topological polar surface area (TPSA) is 20.2 Å². The van der Waals surface area contributed by atoms with E-state index in [1.807, 2.05) is 0 Å². The van der Waals surface area contributed by atoms with Crippen molar-refractivity contribution in [2.75, 3.05) is 12.4 Å². The predicted molar refractivity (Wildman–Crippen MR) is 47.1 cm³/mol. The summed E-state index contributed by atoms with van der Waals surface area (Å²) in [5, 5.41) is 8.31. The molecule has 1 N–H and O–H groups in total. The molecule has 0 aliphatic heterocycles. The Hall–Kier alpha value is -0.130. The molecule has 0 saturated heterocycles. The standard InChI is InChI=1S/C8H14OS/c1-8(2,3)10-7-5-4-6-9/h9H,6-7H2,1-3H3. The number of hydrogen-bond donors (Lipinski definition) is 1. The van der Waals surface area contributed by atoms with Gasteiger partial charge < -0.3 is 5.11 Å². The minimum atomic E-state index is -0.0231. The lowest BCUT2D eigenvalue weighted by atomic mass is 10.3. The van der Waals surface area contributed by atoms with Crippen molar-refractivity contribution >= 4 is 11.8 Å². The third kappa shape index (κ3) is 7.87. The summed E-state index contributed by atoms with van der Waals surface area (Å²) in [5.41, 5.74) is 0. The Labute approximate surface area is 67.2 Å². The van der Waals surface area contributed by atoms with E-state index >= 15 is 0 Å². The van der Waals surface area contributed by atoms with Crippen LogP contribution < -0.4 is 0 Å². The molecule has 0 amide bonds. The second kappa shape index (κ2) is 4.65. The van der Waals surface area contributed by atoms with Gasteiger partial charge in [-0.1, -0.05) is 32.6 Å². The van der Waals surface area contributed by atoms with Crippen molar-refractivity contribution in [3.05, 3.63) is 0 Å². The summed E-state index contributed by atoms with van der Waals surface area (Å²) >= 11 is 1.79. The molecule has 0 spiro atoms. The van der Waals surface area contributed by atoms with Gasteiger partial charge in [0.05, 0.1) is 5.75 Å². The van der Waals surface area contributed by atoms with Gasteiger partial charge in [0.2, 0.25) is 0 Å². The van der Waals surface area contributed by atoms with Crippen molar-refractivity contribution in [1.29, 1.82) is 0 Å². The van der Waals surface area contributed by atoms with E-state index in [0.717, 1.165) is 5.75 Å². The molecule has 2 heteroatoms. The van der Waals surface area contributed by atoms with Gasteiger partial charge in [-0.25, -0.2) is 0 Å². The summed E-state index contributed by atoms with van der Waals surface area (Å²) in [6.07, 6.45) is 0. The van der Waals surface area contributed by atoms with Crippen LogP contribution in [-0.4, -0.2) is 22.2 Å². The van der Waals surface area contributed by atoms with Gasteiger partial charge in [0.1, 0.15) is 6.61 Å². The first-order valence-electron chi connectivity index (χ1n) is 3.27. The van der Waals surface area contributed by atoms with E-state index in [0.29, 0.717) is 0 Å². The van der Waals surface area contributed by atoms with Gasteiger partial charge in [-0.3, -0.25) is 0 Å². The molecule has 0 bridgehead atoms. The molecule has 0 heterocycles. The fourth-order valence-corrected chi connectivity index (χ4v) is 0.967. The molecular formula is C8H14OS. The molecule has 1 nitrogen and oxygen atoms in total. The Balaban J connectivity index is 3.37. The van der Waals surface area contributed by atoms with Gasteiger partial charge in [0.25, 0.3) is 0 Å². The number of aliphatic hydroxyl groups is 1. The molecule has 58 valence electrons. The first-order valence-corrected chi connectivity index (χ1v) is 4.25. The average Bonchev–Trinajstić information content (AvgIpc) is 1.78. The van der Waals surface area contributed by atoms with E-state index in [9.17, 15) is 0 Å². The van der Waals surface area contributed by atoms with E-state index in [1.165, 1.54) is 0 Å². The molecule has 0 radical (unpaired) electrons. The zero-order chi connectivity index (χ0) is 8.04. The van der Waals surface area contributed by atoms with E-state index in [2.05, 4.69) is 32.6 Å². The Kier molecular flexibility index (Phi) is 4.59. The molecule has 0 atom stereocenters. The third-order valence-corrected chi connectivity index (χ3v) is 1.94. The zero-order valence-corrected chi connectivity index (χ0v) is 7.59. The minimum Gasteiger partial charge on any atom is -0.384 e. The summed E-state index contributed by atoms with van der Waals surface area (Å²) < 4.78 is 0.282. The fourth-order valence-electron chi connectivity index (χ4n) is 0.360. The molecular weight excluding hydrogens is 144 g/mol. The average molecular weight is 158 g/mol. The summed E-state index contributed by atoms with van der Waals surface area (Å²) in [7, 11) is 0. The normalized spacial score (nSPS) is 10.4. The van der Waals surface area contributed by atoms with Crippen molar-refractivity contribution in [3.8, 4) is 11.8 Å². The highest BCUT2D eigenvalue weighted by Gasteiger charge is 2.07. The van der Waals surface area contributed by atoms with Crippen LogP contribution in [0.2, 0.25) is 0 Å². The maximum Gasteiger partial charge on any atom is 0.104 e. The van der Waals surface area contributed by atoms with Crippen LogP contribution in [0.5, 0.6) is 0 Å². The largest absolute Gasteiger partial charge is 0.384 e. The van der Waals surface area contributed by atoms with Crippen molar-refractivity contribution in [1.82, 2.24) is 0 Å². The van der Waals surface area contributed by atoms with E-state index < -0.39 is 0 Å². The molecule has 0 aromatic heterocycles. The van der Waals surface area contributed by atoms with Crippen molar-refractivity contribution in [3.63, 3.8) is 0 Å². The lowest BCUT2D eigenvalue weighted by molar-refractivity contribution is 0.350. The van der Waals surface area contributed by atoms with Crippen LogP contribution in [0.1, 0.15) is 20.8 Å². The number of hydrogen-bond acceptors (Lipinski definition) is 2. The molecule has 0 unspecified atom stereocenters. The van der Waals surface area contributed by atoms with Crippen molar-refractivity contribution in [2.24, 2.45) is 0 Å². The molecule has 0 rings (SSSR count). The highest BCUT2D eigenvalue weighted by molar-refractivity contribution is 8.00. The van der Waals surface area contributed by atoms with E-state index in [-0.39, 0.29) is 11.4 Å². The van der Waals surface area contributed by atoms with E-state index in [4.69, 9.17) is 5.11 Å². The van der Waals surface area contributed by atoms with Crippen LogP contribution in [0.25, 0.3) is 0 Å². The van der Waals surface area contributed by atoms with Crippen LogP contribution >= 0.6 is 11.8 Å². The molecule has 10 heavy (non-hydrogen) atoms. The number of thioether (sulfide) groups is 1. The highest BCUT2D eigenvalue weighted by Crippen LogP contribution is 2.21. The molecule has 0 aliphatic rings. The predicted octanol–water partition coefficient (Wildman–Crippen LogP) is 1.51. The van der Waals surface area contributed by atoms with Gasteiger partial charge >= 0.3 is 0 Å². The number of aliphatic hydroxyl groups excluding tert-OH is 1.